The van der Waals surface area contributed by atoms with Crippen LogP contribution in [0.25, 0.3) is 0 Å². The van der Waals surface area contributed by atoms with E-state index >= 15 is 0 Å². The average molecular weight is 221 g/mol. The highest BCUT2D eigenvalue weighted by Gasteiger charge is 2.29. The van der Waals surface area contributed by atoms with E-state index in [2.05, 4.69) is 4.98 Å². The minimum atomic E-state index is -4.37. The number of halogens is 3. The third-order valence-corrected chi connectivity index (χ3v) is 2.05. The van der Waals surface area contributed by atoms with Crippen LogP contribution in [0.4, 0.5) is 13.2 Å². The zero-order chi connectivity index (χ0) is 10.6. The number of carbonyl (C=O) groups excluding carboxylic acids is 1. The van der Waals surface area contributed by atoms with Crippen LogP contribution in [0, 0.1) is 0 Å². The van der Waals surface area contributed by atoms with E-state index in [0.29, 0.717) is 0 Å². The van der Waals surface area contributed by atoms with Gasteiger partial charge < -0.3 is 0 Å². The van der Waals surface area contributed by atoms with Crippen LogP contribution >= 0.6 is 11.8 Å². The number of nitrogens with zero attached hydrogens (tertiary/aromatic N) is 1. The van der Waals surface area contributed by atoms with E-state index in [-0.39, 0.29) is 17.5 Å². The first-order valence-corrected chi connectivity index (χ1v) is 4.62. The maximum absolute atomic E-state index is 11.7. The topological polar surface area (TPSA) is 30.0 Å². The highest BCUT2D eigenvalue weighted by molar-refractivity contribution is 8.00. The van der Waals surface area contributed by atoms with Crippen molar-refractivity contribution >= 4 is 17.5 Å². The Kier molecular flexibility index (Phi) is 3.51. The number of aromatic nitrogens is 1. The average Bonchev–Trinajstić information content (AvgIpc) is 2.14. The molecule has 0 spiro atoms. The Labute approximate surface area is 82.5 Å². The molecule has 0 aliphatic rings. The van der Waals surface area contributed by atoms with Gasteiger partial charge in [0.05, 0.1) is 5.75 Å². The summed E-state index contributed by atoms with van der Waals surface area (Å²) in [6, 6.07) is 4.53. The molecule has 0 saturated heterocycles. The van der Waals surface area contributed by atoms with Crippen LogP contribution in [0.5, 0.6) is 0 Å². The molecular weight excluding hydrogens is 215 g/mol. The number of hydrogen-bond donors (Lipinski definition) is 0. The van der Waals surface area contributed by atoms with Gasteiger partial charge in [0.1, 0.15) is 5.69 Å². The molecular formula is C8H6F3NOS. The summed E-state index contributed by atoms with van der Waals surface area (Å²) in [6.45, 7) is 0. The lowest BCUT2D eigenvalue weighted by Crippen LogP contribution is -2.10. The Morgan fingerprint density at radius 2 is 2.14 bits per heavy atom. The summed E-state index contributed by atoms with van der Waals surface area (Å²) in [6.07, 6.45) is 1.37. The van der Waals surface area contributed by atoms with Gasteiger partial charge in [-0.05, 0) is 23.9 Å². The molecule has 76 valence electrons. The van der Waals surface area contributed by atoms with Crippen LogP contribution in [0.2, 0.25) is 0 Å². The van der Waals surface area contributed by atoms with Gasteiger partial charge in [0.25, 0.3) is 0 Å². The molecule has 2 nitrogen and oxygen atoms in total. The van der Waals surface area contributed by atoms with E-state index in [1.54, 1.807) is 12.1 Å². The summed E-state index contributed by atoms with van der Waals surface area (Å²) >= 11 is -0.353. The number of thioether (sulfide) groups is 1. The second kappa shape index (κ2) is 4.45. The fourth-order valence-electron chi connectivity index (χ4n) is 0.749. The number of ketones is 1. The van der Waals surface area contributed by atoms with Crippen LogP contribution < -0.4 is 0 Å². The Morgan fingerprint density at radius 3 is 2.64 bits per heavy atom. The molecule has 0 unspecified atom stereocenters. The molecule has 14 heavy (non-hydrogen) atoms. The molecule has 0 atom stereocenters. The molecule has 0 amide bonds. The number of rotatable bonds is 3. The van der Waals surface area contributed by atoms with E-state index in [4.69, 9.17) is 0 Å². The van der Waals surface area contributed by atoms with Gasteiger partial charge in [-0.15, -0.1) is 0 Å². The first-order valence-electron chi connectivity index (χ1n) is 3.64. The van der Waals surface area contributed by atoms with Crippen LogP contribution in [-0.4, -0.2) is 22.0 Å². The van der Waals surface area contributed by atoms with Gasteiger partial charge in [-0.3, -0.25) is 9.78 Å². The van der Waals surface area contributed by atoms with Gasteiger partial charge in [0, 0.05) is 6.20 Å². The molecule has 0 aromatic carbocycles. The Hall–Kier alpha value is -1.04. The molecule has 0 N–H and O–H groups in total. The minimum Gasteiger partial charge on any atom is -0.292 e. The maximum Gasteiger partial charge on any atom is 0.442 e. The molecule has 6 heteroatoms. The number of hydrogen-bond acceptors (Lipinski definition) is 3. The molecule has 0 aliphatic heterocycles. The summed E-state index contributed by atoms with van der Waals surface area (Å²) in [7, 11) is 0. The van der Waals surface area contributed by atoms with E-state index in [9.17, 15) is 18.0 Å². The number of alkyl halides is 3. The first-order chi connectivity index (χ1) is 6.49. The molecule has 1 rings (SSSR count). The van der Waals surface area contributed by atoms with Crippen LogP contribution in [0.15, 0.2) is 24.4 Å². The number of Topliss-reactive ketones (excluding diaryl/α,β-unsaturated/α-hetero) is 1. The lowest BCUT2D eigenvalue weighted by atomic mass is 10.3. The van der Waals surface area contributed by atoms with Crippen molar-refractivity contribution in [1.29, 1.82) is 0 Å². The molecule has 0 saturated carbocycles. The zero-order valence-corrected chi connectivity index (χ0v) is 7.73. The van der Waals surface area contributed by atoms with Gasteiger partial charge in [0.15, 0.2) is 5.78 Å². The van der Waals surface area contributed by atoms with Crippen molar-refractivity contribution in [2.75, 3.05) is 5.75 Å². The van der Waals surface area contributed by atoms with Crippen LogP contribution in [-0.2, 0) is 0 Å². The molecule has 1 heterocycles. The van der Waals surface area contributed by atoms with Gasteiger partial charge in [0.2, 0.25) is 0 Å². The summed E-state index contributed by atoms with van der Waals surface area (Å²) in [5.74, 6) is -1.24. The van der Waals surface area contributed by atoms with Gasteiger partial charge in [-0.1, -0.05) is 6.07 Å². The molecule has 0 fully saturated rings. The number of pyridine rings is 1. The Balaban J connectivity index is 2.52. The number of carbonyl (C=O) groups is 1. The first kappa shape index (κ1) is 11.0. The smallest absolute Gasteiger partial charge is 0.292 e. The van der Waals surface area contributed by atoms with Crippen molar-refractivity contribution in [2.45, 2.75) is 5.51 Å². The third kappa shape index (κ3) is 3.78. The summed E-state index contributed by atoms with van der Waals surface area (Å²) in [4.78, 5) is 14.8. The second-order valence-corrected chi connectivity index (χ2v) is 3.41. The summed E-state index contributed by atoms with van der Waals surface area (Å²) in [5, 5.41) is 0. The third-order valence-electron chi connectivity index (χ3n) is 1.32. The van der Waals surface area contributed by atoms with E-state index in [1.807, 2.05) is 0 Å². The van der Waals surface area contributed by atoms with Gasteiger partial charge >= 0.3 is 5.51 Å². The quantitative estimate of drug-likeness (QED) is 0.734. The van der Waals surface area contributed by atoms with Gasteiger partial charge in [-0.2, -0.15) is 13.2 Å². The van der Waals surface area contributed by atoms with Crippen LogP contribution in [0.3, 0.4) is 0 Å². The minimum absolute atomic E-state index is 0.0595. The predicted octanol–water partition coefficient (Wildman–Crippen LogP) is 2.52. The Bertz CT molecular complexity index is 312. The SMILES string of the molecule is O=C(CSC(F)(F)F)c1ccccn1. The fourth-order valence-corrected chi connectivity index (χ4v) is 1.19. The van der Waals surface area contributed by atoms with E-state index in [1.165, 1.54) is 12.3 Å². The highest BCUT2D eigenvalue weighted by Crippen LogP contribution is 2.30. The molecule has 0 aliphatic carbocycles. The van der Waals surface area contributed by atoms with E-state index < -0.39 is 17.0 Å². The monoisotopic (exact) mass is 221 g/mol. The van der Waals surface area contributed by atoms with Crippen LogP contribution in [0.1, 0.15) is 10.5 Å². The summed E-state index contributed by atoms with van der Waals surface area (Å²) in [5.41, 5.74) is -4.31. The molecule has 0 radical (unpaired) electrons. The fraction of sp³-hybridized carbons (Fsp3) is 0.250. The lowest BCUT2D eigenvalue weighted by Gasteiger charge is -2.03. The summed E-state index contributed by atoms with van der Waals surface area (Å²) < 4.78 is 35.2. The maximum atomic E-state index is 11.7. The highest BCUT2D eigenvalue weighted by atomic mass is 32.2. The van der Waals surface area contributed by atoms with E-state index in [0.717, 1.165) is 0 Å². The van der Waals surface area contributed by atoms with Crippen molar-refractivity contribution in [3.05, 3.63) is 30.1 Å². The largest absolute Gasteiger partial charge is 0.442 e. The molecule has 1 aromatic heterocycles. The van der Waals surface area contributed by atoms with Crippen molar-refractivity contribution in [1.82, 2.24) is 4.98 Å². The van der Waals surface area contributed by atoms with Gasteiger partial charge in [-0.25, -0.2) is 0 Å². The second-order valence-electron chi connectivity index (χ2n) is 2.37. The van der Waals surface area contributed by atoms with Crippen molar-refractivity contribution < 1.29 is 18.0 Å². The Morgan fingerprint density at radius 1 is 1.43 bits per heavy atom. The molecule has 0 bridgehead atoms. The zero-order valence-electron chi connectivity index (χ0n) is 6.91. The van der Waals surface area contributed by atoms with Crippen molar-refractivity contribution in [3.8, 4) is 0 Å². The molecule has 1 aromatic rings. The normalized spacial score (nSPS) is 11.4. The predicted molar refractivity (Wildman–Crippen MR) is 47.1 cm³/mol. The van der Waals surface area contributed by atoms with Crippen molar-refractivity contribution in [2.24, 2.45) is 0 Å². The lowest BCUT2D eigenvalue weighted by molar-refractivity contribution is -0.0327. The standard InChI is InChI=1S/C8H6F3NOS/c9-8(10,11)14-5-7(13)6-3-1-2-4-12-6/h1-4H,5H2. The van der Waals surface area contributed by atoms with Crippen molar-refractivity contribution in [3.63, 3.8) is 0 Å².